The molecule has 15 heavy (non-hydrogen) atoms. The Hall–Kier alpha value is -0.890. The Bertz CT molecular complexity index is 363. The van der Waals surface area contributed by atoms with Crippen LogP contribution in [0.3, 0.4) is 0 Å². The highest BCUT2D eigenvalue weighted by Gasteiger charge is 2.11. The minimum absolute atomic E-state index is 0.0888. The predicted octanol–water partition coefficient (Wildman–Crippen LogP) is 3.73. The highest BCUT2D eigenvalue weighted by molar-refractivity contribution is 6.30. The molecule has 0 radical (unpaired) electrons. The van der Waals surface area contributed by atoms with Gasteiger partial charge < -0.3 is 4.79 Å². The number of aldehydes is 1. The van der Waals surface area contributed by atoms with Gasteiger partial charge in [0.05, 0.1) is 5.02 Å². The Kier molecular flexibility index (Phi) is 4.28. The molecule has 3 heteroatoms. The van der Waals surface area contributed by atoms with E-state index in [0.29, 0.717) is 18.4 Å². The molecule has 0 bridgehead atoms. The van der Waals surface area contributed by atoms with E-state index in [9.17, 15) is 9.18 Å². The smallest absolute Gasteiger partial charge is 0.144 e. The molecule has 0 amide bonds. The number of aryl methyl sites for hydroxylation is 1. The molecule has 82 valence electrons. The number of hydrogen-bond donors (Lipinski definition) is 0. The van der Waals surface area contributed by atoms with Crippen LogP contribution in [0, 0.1) is 5.82 Å². The second-order valence-electron chi connectivity index (χ2n) is 3.63. The summed E-state index contributed by atoms with van der Waals surface area (Å²) in [6, 6.07) is 3.39. The normalized spacial score (nSPS) is 12.5. The first-order valence-electron chi connectivity index (χ1n) is 5.01. The molecule has 0 N–H and O–H groups in total. The lowest BCUT2D eigenvalue weighted by atomic mass is 9.96. The molecule has 0 spiro atoms. The first-order chi connectivity index (χ1) is 7.10. The third-order valence-electron chi connectivity index (χ3n) is 2.53. The van der Waals surface area contributed by atoms with Crippen LogP contribution in [0.4, 0.5) is 4.39 Å². The van der Waals surface area contributed by atoms with E-state index in [2.05, 4.69) is 0 Å². The van der Waals surface area contributed by atoms with Gasteiger partial charge in [-0.05, 0) is 29.5 Å². The van der Waals surface area contributed by atoms with E-state index in [1.54, 1.807) is 12.1 Å². The van der Waals surface area contributed by atoms with Crippen molar-refractivity contribution in [2.45, 2.75) is 32.6 Å². The standard InChI is InChI=1S/C12H14ClFO/c1-3-9-6-10(8(2)4-5-15)7-11(13)12(9)14/h5-8H,3-4H2,1-2H3. The van der Waals surface area contributed by atoms with Crippen LogP contribution in [0.1, 0.15) is 37.3 Å². The number of carbonyl (C=O) groups excluding carboxylic acids is 1. The lowest BCUT2D eigenvalue weighted by Gasteiger charge is -2.11. The molecule has 1 atom stereocenters. The second-order valence-corrected chi connectivity index (χ2v) is 4.04. The summed E-state index contributed by atoms with van der Waals surface area (Å²) in [6.45, 7) is 3.81. The van der Waals surface area contributed by atoms with E-state index in [4.69, 9.17) is 11.6 Å². The summed E-state index contributed by atoms with van der Waals surface area (Å²) in [4.78, 5) is 10.4. The molecular formula is C12H14ClFO. The van der Waals surface area contributed by atoms with Crippen LogP contribution in [-0.4, -0.2) is 6.29 Å². The molecule has 0 aliphatic carbocycles. The highest BCUT2D eigenvalue weighted by atomic mass is 35.5. The summed E-state index contributed by atoms with van der Waals surface area (Å²) in [7, 11) is 0. The number of halogens is 2. The van der Waals surface area contributed by atoms with Crippen LogP contribution < -0.4 is 0 Å². The Labute approximate surface area is 94.3 Å². The van der Waals surface area contributed by atoms with E-state index in [0.717, 1.165) is 11.8 Å². The van der Waals surface area contributed by atoms with Crippen molar-refractivity contribution >= 4 is 17.9 Å². The van der Waals surface area contributed by atoms with Gasteiger partial charge in [0.2, 0.25) is 0 Å². The van der Waals surface area contributed by atoms with Gasteiger partial charge in [-0.3, -0.25) is 0 Å². The molecule has 0 aliphatic rings. The maximum atomic E-state index is 13.4. The van der Waals surface area contributed by atoms with Gasteiger partial charge in [0.1, 0.15) is 12.1 Å². The summed E-state index contributed by atoms with van der Waals surface area (Å²) >= 11 is 5.78. The Morgan fingerprint density at radius 3 is 2.73 bits per heavy atom. The lowest BCUT2D eigenvalue weighted by molar-refractivity contribution is -0.108. The zero-order valence-corrected chi connectivity index (χ0v) is 9.64. The number of benzene rings is 1. The number of hydrogen-bond acceptors (Lipinski definition) is 1. The summed E-state index contributed by atoms with van der Waals surface area (Å²) in [5.74, 6) is -0.257. The molecule has 1 rings (SSSR count). The summed E-state index contributed by atoms with van der Waals surface area (Å²) in [5, 5.41) is 0.141. The van der Waals surface area contributed by atoms with E-state index < -0.39 is 0 Å². The fourth-order valence-corrected chi connectivity index (χ4v) is 1.74. The predicted molar refractivity (Wildman–Crippen MR) is 59.9 cm³/mol. The molecule has 0 aromatic heterocycles. The Morgan fingerprint density at radius 1 is 1.53 bits per heavy atom. The summed E-state index contributed by atoms with van der Waals surface area (Å²) in [5.41, 5.74) is 1.53. The fraction of sp³-hybridized carbons (Fsp3) is 0.417. The zero-order valence-electron chi connectivity index (χ0n) is 8.89. The van der Waals surface area contributed by atoms with Crippen molar-refractivity contribution in [3.63, 3.8) is 0 Å². The molecular weight excluding hydrogens is 215 g/mol. The zero-order chi connectivity index (χ0) is 11.4. The third kappa shape index (κ3) is 2.78. The third-order valence-corrected chi connectivity index (χ3v) is 2.80. The van der Waals surface area contributed by atoms with Crippen LogP contribution in [-0.2, 0) is 11.2 Å². The Morgan fingerprint density at radius 2 is 2.20 bits per heavy atom. The topological polar surface area (TPSA) is 17.1 Å². The van der Waals surface area contributed by atoms with Gasteiger partial charge in [0.15, 0.2) is 0 Å². The van der Waals surface area contributed by atoms with Gasteiger partial charge in [-0.2, -0.15) is 0 Å². The van der Waals surface area contributed by atoms with Crippen molar-refractivity contribution in [3.05, 3.63) is 34.1 Å². The van der Waals surface area contributed by atoms with Crippen LogP contribution >= 0.6 is 11.6 Å². The Balaban J connectivity index is 3.10. The van der Waals surface area contributed by atoms with Crippen molar-refractivity contribution in [2.75, 3.05) is 0 Å². The molecule has 1 aromatic rings. The van der Waals surface area contributed by atoms with Crippen LogP contribution in [0.2, 0.25) is 5.02 Å². The van der Waals surface area contributed by atoms with Crippen molar-refractivity contribution < 1.29 is 9.18 Å². The minimum Gasteiger partial charge on any atom is -0.303 e. The first kappa shape index (κ1) is 12.2. The van der Waals surface area contributed by atoms with E-state index >= 15 is 0 Å². The molecule has 0 saturated carbocycles. The van der Waals surface area contributed by atoms with Gasteiger partial charge in [-0.15, -0.1) is 0 Å². The minimum atomic E-state index is -0.346. The monoisotopic (exact) mass is 228 g/mol. The molecule has 0 heterocycles. The maximum Gasteiger partial charge on any atom is 0.144 e. The average Bonchev–Trinajstić information content (AvgIpc) is 2.22. The van der Waals surface area contributed by atoms with Gasteiger partial charge in [0.25, 0.3) is 0 Å². The van der Waals surface area contributed by atoms with Gasteiger partial charge >= 0.3 is 0 Å². The van der Waals surface area contributed by atoms with Gasteiger partial charge in [-0.1, -0.05) is 31.5 Å². The largest absolute Gasteiger partial charge is 0.303 e. The number of rotatable bonds is 4. The van der Waals surface area contributed by atoms with Crippen LogP contribution in [0.25, 0.3) is 0 Å². The molecule has 1 aromatic carbocycles. The second kappa shape index (κ2) is 5.26. The van der Waals surface area contributed by atoms with E-state index in [1.165, 1.54) is 0 Å². The van der Waals surface area contributed by atoms with Crippen LogP contribution in [0.15, 0.2) is 12.1 Å². The average molecular weight is 229 g/mol. The lowest BCUT2D eigenvalue weighted by Crippen LogP contribution is -1.98. The molecule has 1 unspecified atom stereocenters. The highest BCUT2D eigenvalue weighted by Crippen LogP contribution is 2.27. The van der Waals surface area contributed by atoms with Crippen LogP contribution in [0.5, 0.6) is 0 Å². The first-order valence-corrected chi connectivity index (χ1v) is 5.39. The van der Waals surface area contributed by atoms with E-state index in [1.807, 2.05) is 13.8 Å². The van der Waals surface area contributed by atoms with E-state index in [-0.39, 0.29) is 16.8 Å². The maximum absolute atomic E-state index is 13.4. The number of carbonyl (C=O) groups is 1. The molecule has 1 nitrogen and oxygen atoms in total. The summed E-state index contributed by atoms with van der Waals surface area (Å²) < 4.78 is 13.4. The molecule has 0 aliphatic heterocycles. The van der Waals surface area contributed by atoms with Crippen molar-refractivity contribution in [1.29, 1.82) is 0 Å². The quantitative estimate of drug-likeness (QED) is 0.718. The van der Waals surface area contributed by atoms with Crippen molar-refractivity contribution in [1.82, 2.24) is 0 Å². The fourth-order valence-electron chi connectivity index (χ4n) is 1.49. The van der Waals surface area contributed by atoms with Crippen molar-refractivity contribution in [3.8, 4) is 0 Å². The van der Waals surface area contributed by atoms with Gasteiger partial charge in [-0.25, -0.2) is 4.39 Å². The SMILES string of the molecule is CCc1cc(C(C)CC=O)cc(Cl)c1F. The summed E-state index contributed by atoms with van der Waals surface area (Å²) in [6.07, 6.45) is 1.91. The molecule has 0 saturated heterocycles. The van der Waals surface area contributed by atoms with Gasteiger partial charge in [0, 0.05) is 6.42 Å². The molecule has 0 fully saturated rings. The van der Waals surface area contributed by atoms with Crippen molar-refractivity contribution in [2.24, 2.45) is 0 Å².